The van der Waals surface area contributed by atoms with Gasteiger partial charge >= 0.3 is 0 Å². The summed E-state index contributed by atoms with van der Waals surface area (Å²) in [6.45, 7) is 0. The van der Waals surface area contributed by atoms with Crippen molar-refractivity contribution in [2.24, 2.45) is 11.8 Å². The topological polar surface area (TPSA) is 12.0 Å². The molecule has 16 heavy (non-hydrogen) atoms. The lowest BCUT2D eigenvalue weighted by atomic mass is 9.76. The third kappa shape index (κ3) is 2.01. The van der Waals surface area contributed by atoms with Crippen LogP contribution in [0, 0.1) is 11.8 Å². The van der Waals surface area contributed by atoms with Gasteiger partial charge in [0, 0.05) is 18.0 Å². The molecule has 2 aliphatic heterocycles. The Morgan fingerprint density at radius 3 is 2.38 bits per heavy atom. The van der Waals surface area contributed by atoms with Gasteiger partial charge in [-0.2, -0.15) is 0 Å². The Hall–Kier alpha value is -0.110. The Morgan fingerprint density at radius 1 is 0.875 bits per heavy atom. The molecule has 0 spiro atoms. The molecule has 4 atom stereocenters. The van der Waals surface area contributed by atoms with Crippen LogP contribution in [0.3, 0.4) is 0 Å². The van der Waals surface area contributed by atoms with E-state index in [1.807, 2.05) is 0 Å². The van der Waals surface area contributed by atoms with Crippen LogP contribution in [-0.2, 0) is 0 Å². The van der Waals surface area contributed by atoms with E-state index in [4.69, 9.17) is 0 Å². The summed E-state index contributed by atoms with van der Waals surface area (Å²) in [6, 6.07) is 1.01. The van der Waals surface area contributed by atoms with Crippen LogP contribution in [0.4, 0.5) is 4.39 Å². The normalized spacial score (nSPS) is 45.6. The zero-order chi connectivity index (χ0) is 11.0. The van der Waals surface area contributed by atoms with Gasteiger partial charge in [-0.05, 0) is 25.2 Å². The van der Waals surface area contributed by atoms with E-state index in [-0.39, 0.29) is 0 Å². The summed E-state index contributed by atoms with van der Waals surface area (Å²) in [4.78, 5) is 0. The van der Waals surface area contributed by atoms with Crippen molar-refractivity contribution in [3.05, 3.63) is 0 Å². The van der Waals surface area contributed by atoms with Crippen LogP contribution in [0.1, 0.15) is 57.8 Å². The number of fused-ring (bicyclic) bond motifs is 2. The Kier molecular flexibility index (Phi) is 3.19. The highest BCUT2D eigenvalue weighted by atomic mass is 19.1. The van der Waals surface area contributed by atoms with Gasteiger partial charge in [-0.25, -0.2) is 4.39 Å². The molecular weight excluding hydrogens is 201 g/mol. The zero-order valence-corrected chi connectivity index (χ0v) is 10.1. The third-order valence-corrected chi connectivity index (χ3v) is 5.11. The Balaban J connectivity index is 1.70. The van der Waals surface area contributed by atoms with Crippen molar-refractivity contribution in [2.45, 2.75) is 76.0 Å². The molecule has 2 heterocycles. The average Bonchev–Trinajstić information content (AvgIpc) is 2.51. The minimum Gasteiger partial charge on any atom is -0.311 e. The molecular formula is C14H24FN. The summed E-state index contributed by atoms with van der Waals surface area (Å²) in [6.07, 6.45) is 10.7. The fourth-order valence-electron chi connectivity index (χ4n) is 4.34. The number of piperidine rings is 1. The van der Waals surface area contributed by atoms with E-state index in [9.17, 15) is 4.39 Å². The molecule has 1 aliphatic carbocycles. The van der Waals surface area contributed by atoms with Gasteiger partial charge in [-0.15, -0.1) is 0 Å². The molecule has 3 rings (SSSR count). The van der Waals surface area contributed by atoms with E-state index >= 15 is 0 Å². The molecule has 1 N–H and O–H groups in total. The number of rotatable bonds is 1. The van der Waals surface area contributed by atoms with Gasteiger partial charge in [-0.1, -0.05) is 38.5 Å². The van der Waals surface area contributed by atoms with Crippen LogP contribution in [0.5, 0.6) is 0 Å². The summed E-state index contributed by atoms with van der Waals surface area (Å²) in [5.74, 6) is 1.02. The summed E-state index contributed by atoms with van der Waals surface area (Å²) >= 11 is 0. The van der Waals surface area contributed by atoms with Crippen LogP contribution >= 0.6 is 0 Å². The molecule has 0 radical (unpaired) electrons. The van der Waals surface area contributed by atoms with Crippen molar-refractivity contribution in [1.82, 2.24) is 5.32 Å². The number of hydrogen-bond donors (Lipinski definition) is 1. The number of hydrogen-bond acceptors (Lipinski definition) is 1. The monoisotopic (exact) mass is 225 g/mol. The predicted octanol–water partition coefficient (Wildman–Crippen LogP) is 3.44. The predicted molar refractivity (Wildman–Crippen MR) is 64.1 cm³/mol. The summed E-state index contributed by atoms with van der Waals surface area (Å²) in [5.41, 5.74) is 0. The van der Waals surface area contributed by atoms with Gasteiger partial charge in [0.15, 0.2) is 0 Å². The highest BCUT2D eigenvalue weighted by Crippen LogP contribution is 2.42. The first-order chi connectivity index (χ1) is 7.84. The third-order valence-electron chi connectivity index (χ3n) is 5.11. The number of halogens is 1. The molecule has 0 amide bonds. The van der Waals surface area contributed by atoms with Gasteiger partial charge in [0.2, 0.25) is 0 Å². The second-order valence-electron chi connectivity index (χ2n) is 6.13. The maximum absolute atomic E-state index is 14.3. The summed E-state index contributed by atoms with van der Waals surface area (Å²) in [7, 11) is 0. The van der Waals surface area contributed by atoms with Crippen LogP contribution in [0.15, 0.2) is 0 Å². The van der Waals surface area contributed by atoms with Crippen molar-refractivity contribution >= 4 is 0 Å². The molecule has 1 nitrogen and oxygen atoms in total. The van der Waals surface area contributed by atoms with Gasteiger partial charge in [0.25, 0.3) is 0 Å². The molecule has 1 saturated carbocycles. The van der Waals surface area contributed by atoms with Crippen LogP contribution < -0.4 is 5.32 Å². The van der Waals surface area contributed by atoms with Crippen LogP contribution in [0.25, 0.3) is 0 Å². The Labute approximate surface area is 98.2 Å². The van der Waals surface area contributed by atoms with Crippen LogP contribution in [-0.4, -0.2) is 18.3 Å². The first-order valence-electron chi connectivity index (χ1n) is 7.25. The van der Waals surface area contributed by atoms with Crippen molar-refractivity contribution in [3.8, 4) is 0 Å². The Bertz CT molecular complexity index is 235. The minimum absolute atomic E-state index is 0.344. The largest absolute Gasteiger partial charge is 0.311 e. The lowest BCUT2D eigenvalue weighted by molar-refractivity contribution is 0.0801. The first-order valence-corrected chi connectivity index (χ1v) is 7.25. The summed E-state index contributed by atoms with van der Waals surface area (Å²) < 4.78 is 14.3. The fourth-order valence-corrected chi connectivity index (χ4v) is 4.34. The fraction of sp³-hybridized carbons (Fsp3) is 1.00. The number of nitrogens with one attached hydrogen (secondary N) is 1. The van der Waals surface area contributed by atoms with Crippen molar-refractivity contribution in [3.63, 3.8) is 0 Å². The van der Waals surface area contributed by atoms with E-state index in [0.29, 0.717) is 23.9 Å². The maximum Gasteiger partial charge on any atom is 0.106 e. The molecule has 2 heteroatoms. The molecule has 3 aliphatic rings. The molecule has 0 aromatic rings. The highest BCUT2D eigenvalue weighted by molar-refractivity contribution is 5.00. The lowest BCUT2D eigenvalue weighted by Crippen LogP contribution is -2.49. The van der Waals surface area contributed by atoms with Gasteiger partial charge < -0.3 is 5.32 Å². The molecule has 3 fully saturated rings. The second kappa shape index (κ2) is 4.64. The lowest BCUT2D eigenvalue weighted by Gasteiger charge is -2.38. The molecule has 2 saturated heterocycles. The summed E-state index contributed by atoms with van der Waals surface area (Å²) in [5, 5.41) is 3.65. The quantitative estimate of drug-likeness (QED) is 0.674. The first kappa shape index (κ1) is 11.0. The van der Waals surface area contributed by atoms with Gasteiger partial charge in [-0.3, -0.25) is 0 Å². The standard InChI is InChI=1S/C14H24FN/c15-12-9-11-7-8-13(16-11)14(12)10-5-3-1-2-4-6-10/h10-14,16H,1-9H2. The number of alkyl halides is 1. The smallest absolute Gasteiger partial charge is 0.106 e. The minimum atomic E-state index is -0.512. The van der Waals surface area contributed by atoms with E-state index in [0.717, 1.165) is 6.42 Å². The molecule has 0 aromatic carbocycles. The van der Waals surface area contributed by atoms with E-state index < -0.39 is 6.17 Å². The van der Waals surface area contributed by atoms with Crippen molar-refractivity contribution in [1.29, 1.82) is 0 Å². The zero-order valence-electron chi connectivity index (χ0n) is 10.1. The van der Waals surface area contributed by atoms with Gasteiger partial charge in [0.05, 0.1) is 0 Å². The van der Waals surface area contributed by atoms with Crippen molar-refractivity contribution < 1.29 is 4.39 Å². The Morgan fingerprint density at radius 2 is 1.62 bits per heavy atom. The average molecular weight is 225 g/mol. The molecule has 4 unspecified atom stereocenters. The highest BCUT2D eigenvalue weighted by Gasteiger charge is 2.44. The SMILES string of the molecule is FC1CC2CCC(N2)C1C1CCCCCC1. The van der Waals surface area contributed by atoms with E-state index in [1.165, 1.54) is 51.4 Å². The second-order valence-corrected chi connectivity index (χ2v) is 6.13. The molecule has 92 valence electrons. The maximum atomic E-state index is 14.3. The van der Waals surface area contributed by atoms with E-state index in [2.05, 4.69) is 5.32 Å². The van der Waals surface area contributed by atoms with E-state index in [1.54, 1.807) is 0 Å². The van der Waals surface area contributed by atoms with Crippen molar-refractivity contribution in [2.75, 3.05) is 0 Å². The van der Waals surface area contributed by atoms with Crippen LogP contribution in [0.2, 0.25) is 0 Å². The van der Waals surface area contributed by atoms with Gasteiger partial charge in [0.1, 0.15) is 6.17 Å². The molecule has 0 aromatic heterocycles. The molecule has 2 bridgehead atoms.